The number of hydrogen-bond donors (Lipinski definition) is 0. The minimum Gasteiger partial charge on any atom is -0.462 e. The Balaban J connectivity index is 4.02. The van der Waals surface area contributed by atoms with Crippen molar-refractivity contribution in [2.45, 2.75) is 348 Å². The summed E-state index contributed by atoms with van der Waals surface area (Å²) in [4.78, 5) is 38.1. The van der Waals surface area contributed by atoms with Gasteiger partial charge in [-0.1, -0.05) is 306 Å². The van der Waals surface area contributed by atoms with Crippen LogP contribution in [0.2, 0.25) is 0 Å². The molecule has 77 heavy (non-hydrogen) atoms. The summed E-state index contributed by atoms with van der Waals surface area (Å²) in [7, 11) is 0. The van der Waals surface area contributed by atoms with Crippen molar-refractivity contribution in [3.63, 3.8) is 0 Å². The first-order valence-electron chi connectivity index (χ1n) is 33.4. The average molecular weight is 1080 g/mol. The van der Waals surface area contributed by atoms with Crippen molar-refractivity contribution in [3.05, 3.63) is 72.9 Å². The van der Waals surface area contributed by atoms with E-state index in [1.807, 2.05) is 0 Å². The van der Waals surface area contributed by atoms with Gasteiger partial charge in [0.15, 0.2) is 6.10 Å². The van der Waals surface area contributed by atoms with E-state index in [9.17, 15) is 14.4 Å². The number of hydrogen-bond acceptors (Lipinski definition) is 6. The van der Waals surface area contributed by atoms with Crippen molar-refractivity contribution in [2.75, 3.05) is 13.2 Å². The van der Waals surface area contributed by atoms with Crippen LogP contribution in [0.15, 0.2) is 72.9 Å². The zero-order valence-corrected chi connectivity index (χ0v) is 51.2. The minimum absolute atomic E-state index is 0.0712. The number of carbonyl (C=O) groups excluding carboxylic acids is 3. The largest absolute Gasteiger partial charge is 0.462 e. The lowest BCUT2D eigenvalue weighted by Gasteiger charge is -2.18. The summed E-state index contributed by atoms with van der Waals surface area (Å²) in [5.74, 6) is -0.863. The number of ether oxygens (including phenoxy) is 3. The van der Waals surface area contributed by atoms with E-state index in [1.165, 1.54) is 212 Å². The first kappa shape index (κ1) is 73.8. The molecule has 0 amide bonds. The summed E-state index contributed by atoms with van der Waals surface area (Å²) in [5, 5.41) is 0. The van der Waals surface area contributed by atoms with Gasteiger partial charge >= 0.3 is 17.9 Å². The molecule has 1 atom stereocenters. The number of carbonyl (C=O) groups is 3. The highest BCUT2D eigenvalue weighted by Crippen LogP contribution is 2.17. The molecule has 0 saturated heterocycles. The summed E-state index contributed by atoms with van der Waals surface area (Å²) in [5.41, 5.74) is 0. The molecule has 0 saturated carbocycles. The van der Waals surface area contributed by atoms with Gasteiger partial charge in [0, 0.05) is 19.3 Å². The molecular weight excluding hydrogens is 949 g/mol. The molecule has 1 unspecified atom stereocenters. The fourth-order valence-corrected chi connectivity index (χ4v) is 9.70. The van der Waals surface area contributed by atoms with Gasteiger partial charge in [0.25, 0.3) is 0 Å². The predicted molar refractivity (Wildman–Crippen MR) is 335 cm³/mol. The first-order valence-corrected chi connectivity index (χ1v) is 33.4. The first-order chi connectivity index (χ1) is 38.0. The van der Waals surface area contributed by atoms with Crippen molar-refractivity contribution in [1.82, 2.24) is 0 Å². The van der Waals surface area contributed by atoms with Gasteiger partial charge in [0.2, 0.25) is 0 Å². The molecule has 0 rings (SSSR count). The van der Waals surface area contributed by atoms with Crippen LogP contribution in [0.4, 0.5) is 0 Å². The summed E-state index contributed by atoms with van der Waals surface area (Å²) in [6.07, 6.45) is 85.2. The normalized spacial score (nSPS) is 12.5. The van der Waals surface area contributed by atoms with E-state index in [-0.39, 0.29) is 31.1 Å². The Labute approximate surface area is 478 Å². The lowest BCUT2D eigenvalue weighted by molar-refractivity contribution is -0.167. The Kier molecular flexibility index (Phi) is 62.7. The molecule has 0 aliphatic carbocycles. The second-order valence-corrected chi connectivity index (χ2v) is 22.4. The van der Waals surface area contributed by atoms with Crippen LogP contribution in [-0.2, 0) is 28.6 Å². The quantitative estimate of drug-likeness (QED) is 0.0261. The smallest absolute Gasteiger partial charge is 0.306 e. The van der Waals surface area contributed by atoms with Gasteiger partial charge in [-0.25, -0.2) is 0 Å². The van der Waals surface area contributed by atoms with Crippen LogP contribution in [0, 0.1) is 0 Å². The number of esters is 3. The van der Waals surface area contributed by atoms with Crippen LogP contribution in [0.5, 0.6) is 0 Å². The van der Waals surface area contributed by atoms with E-state index in [0.29, 0.717) is 19.3 Å². The zero-order valence-electron chi connectivity index (χ0n) is 51.2. The monoisotopic (exact) mass is 1070 g/mol. The average Bonchev–Trinajstić information content (AvgIpc) is 3.43. The van der Waals surface area contributed by atoms with Crippen LogP contribution in [0.25, 0.3) is 0 Å². The molecule has 0 bridgehead atoms. The third kappa shape index (κ3) is 63.6. The Morgan fingerprint density at radius 2 is 0.506 bits per heavy atom. The summed E-state index contributed by atoms with van der Waals surface area (Å²) in [6.45, 7) is 6.52. The predicted octanol–water partition coefficient (Wildman–Crippen LogP) is 22.9. The van der Waals surface area contributed by atoms with Gasteiger partial charge in [0.1, 0.15) is 13.2 Å². The second kappa shape index (κ2) is 65.4. The molecule has 6 nitrogen and oxygen atoms in total. The molecular formula is C71H126O6. The van der Waals surface area contributed by atoms with Crippen molar-refractivity contribution in [2.24, 2.45) is 0 Å². The van der Waals surface area contributed by atoms with Crippen molar-refractivity contribution >= 4 is 17.9 Å². The molecule has 0 radical (unpaired) electrons. The Morgan fingerprint density at radius 1 is 0.273 bits per heavy atom. The maximum atomic E-state index is 12.9. The fourth-order valence-electron chi connectivity index (χ4n) is 9.70. The molecule has 0 fully saturated rings. The standard InChI is InChI=1S/C71H126O6/c1-4-7-10-13-16-18-20-22-24-26-28-29-30-31-32-33-34-35-36-37-38-39-40-41-43-44-46-48-50-52-55-58-61-64-70(73)76-67-68(66-75-69(72)63-60-57-54-15-12-9-6-3)77-71(74)65-62-59-56-53-51-49-47-45-42-27-25-23-21-19-17-14-11-8-5-2/h7,10,16,18,22-25,28-29,31-32,68H,4-6,8-9,11-15,17,19-21,26-27,30,33-67H2,1-3H3/b10-7-,18-16-,24-22-,25-23-,29-28-,32-31-. The Bertz CT molecular complexity index is 1420. The molecule has 446 valence electrons. The minimum atomic E-state index is -0.771. The molecule has 0 spiro atoms. The van der Waals surface area contributed by atoms with Crippen molar-refractivity contribution < 1.29 is 28.6 Å². The highest BCUT2D eigenvalue weighted by atomic mass is 16.6. The molecule has 0 heterocycles. The number of allylic oxidation sites excluding steroid dienone is 12. The topological polar surface area (TPSA) is 78.9 Å². The van der Waals surface area contributed by atoms with Crippen LogP contribution < -0.4 is 0 Å². The van der Waals surface area contributed by atoms with E-state index < -0.39 is 6.10 Å². The van der Waals surface area contributed by atoms with E-state index >= 15 is 0 Å². The maximum Gasteiger partial charge on any atom is 0.306 e. The molecule has 0 aromatic carbocycles. The molecule has 6 heteroatoms. The van der Waals surface area contributed by atoms with E-state index in [1.54, 1.807) is 0 Å². The summed E-state index contributed by atoms with van der Waals surface area (Å²) < 4.78 is 16.9. The third-order valence-corrected chi connectivity index (χ3v) is 14.7. The van der Waals surface area contributed by atoms with E-state index in [0.717, 1.165) is 89.9 Å². The SMILES string of the molecule is CC/C=C\C/C=C\C/C=C\C/C=C\C/C=C\CCCCCCCCCCCCCCCCCCCC(=O)OCC(COC(=O)CCCCCCCCC)OC(=O)CCCCCCCCCCC/C=C\CCCCCCCC. The van der Waals surface area contributed by atoms with E-state index in [2.05, 4.69) is 93.7 Å². The van der Waals surface area contributed by atoms with E-state index in [4.69, 9.17) is 14.2 Å². The fraction of sp³-hybridized carbons (Fsp3) is 0.789. The van der Waals surface area contributed by atoms with Crippen LogP contribution in [0.1, 0.15) is 342 Å². The molecule has 0 aliphatic heterocycles. The number of unbranched alkanes of at least 4 members (excludes halogenated alkanes) is 38. The van der Waals surface area contributed by atoms with Crippen LogP contribution in [0.3, 0.4) is 0 Å². The molecule has 0 N–H and O–H groups in total. The Hall–Kier alpha value is -3.15. The van der Waals surface area contributed by atoms with Gasteiger partial charge in [-0.05, 0) is 89.9 Å². The molecule has 0 aromatic heterocycles. The second-order valence-electron chi connectivity index (χ2n) is 22.4. The summed E-state index contributed by atoms with van der Waals surface area (Å²) >= 11 is 0. The lowest BCUT2D eigenvalue weighted by atomic mass is 10.0. The summed E-state index contributed by atoms with van der Waals surface area (Å²) in [6, 6.07) is 0. The van der Waals surface area contributed by atoms with Crippen LogP contribution >= 0.6 is 0 Å². The molecule has 0 aliphatic rings. The van der Waals surface area contributed by atoms with Gasteiger partial charge in [-0.2, -0.15) is 0 Å². The van der Waals surface area contributed by atoms with Gasteiger partial charge in [0.05, 0.1) is 0 Å². The van der Waals surface area contributed by atoms with Gasteiger partial charge in [-0.15, -0.1) is 0 Å². The van der Waals surface area contributed by atoms with Gasteiger partial charge in [-0.3, -0.25) is 14.4 Å². The number of rotatable bonds is 61. The van der Waals surface area contributed by atoms with Crippen molar-refractivity contribution in [3.8, 4) is 0 Å². The maximum absolute atomic E-state index is 12.9. The van der Waals surface area contributed by atoms with Crippen molar-refractivity contribution in [1.29, 1.82) is 0 Å². The highest BCUT2D eigenvalue weighted by Gasteiger charge is 2.19. The highest BCUT2D eigenvalue weighted by molar-refractivity contribution is 5.71. The Morgan fingerprint density at radius 3 is 0.805 bits per heavy atom. The zero-order chi connectivity index (χ0) is 55.7. The molecule has 0 aromatic rings. The lowest BCUT2D eigenvalue weighted by Crippen LogP contribution is -2.30. The third-order valence-electron chi connectivity index (χ3n) is 14.7. The van der Waals surface area contributed by atoms with Gasteiger partial charge < -0.3 is 14.2 Å². The van der Waals surface area contributed by atoms with Crippen LogP contribution in [-0.4, -0.2) is 37.2 Å².